The van der Waals surface area contributed by atoms with E-state index in [4.69, 9.17) is 68.8 Å². The lowest BCUT2D eigenvalue weighted by Crippen LogP contribution is -1.98. The average molecular weight is 577 g/mol. The highest BCUT2D eigenvalue weighted by molar-refractivity contribution is 6.32. The van der Waals surface area contributed by atoms with Crippen LogP contribution in [0.25, 0.3) is 0 Å². The summed E-state index contributed by atoms with van der Waals surface area (Å²) in [7, 11) is 0. The molecule has 0 aliphatic heterocycles. The molecule has 0 saturated heterocycles. The number of nitrogens with two attached hydrogens (primary N) is 1. The van der Waals surface area contributed by atoms with Crippen LogP contribution in [0.1, 0.15) is 11.1 Å². The number of aliphatic hydroxyl groups is 2. The Hall–Kier alpha value is -2.43. The topological polar surface area (TPSA) is 130 Å². The van der Waals surface area contributed by atoms with Crippen molar-refractivity contribution >= 4 is 75.2 Å². The molecule has 0 saturated carbocycles. The van der Waals surface area contributed by atoms with Gasteiger partial charge in [-0.25, -0.2) is 19.9 Å². The number of nitrogen functional groups attached to an aromatic ring is 1. The van der Waals surface area contributed by atoms with Gasteiger partial charge in [-0.15, -0.1) is 0 Å². The second-order valence-electron chi connectivity index (χ2n) is 6.45. The molecule has 0 unspecified atom stereocenters. The van der Waals surface area contributed by atoms with Crippen LogP contribution in [-0.2, 0) is 13.2 Å². The van der Waals surface area contributed by atoms with E-state index in [0.29, 0.717) is 38.0 Å². The summed E-state index contributed by atoms with van der Waals surface area (Å²) in [6, 6.07) is 13.4. The maximum Gasteiger partial charge on any atom is 0.224 e. The van der Waals surface area contributed by atoms with E-state index in [2.05, 4.69) is 25.3 Å². The van der Waals surface area contributed by atoms with Crippen LogP contribution in [0.3, 0.4) is 0 Å². The number of aromatic nitrogens is 4. The minimum Gasteiger partial charge on any atom is -0.398 e. The van der Waals surface area contributed by atoms with E-state index < -0.39 is 0 Å². The summed E-state index contributed by atoms with van der Waals surface area (Å²) in [6.45, 7) is -0.124. The maximum atomic E-state index is 9.20. The van der Waals surface area contributed by atoms with Gasteiger partial charge in [-0.1, -0.05) is 46.9 Å². The van der Waals surface area contributed by atoms with Gasteiger partial charge in [0, 0.05) is 44.9 Å². The first-order valence-electron chi connectivity index (χ1n) is 9.65. The Labute approximate surface area is 226 Å². The molecule has 184 valence electrons. The largest absolute Gasteiger partial charge is 0.398 e. The zero-order valence-corrected chi connectivity index (χ0v) is 21.6. The third kappa shape index (κ3) is 10.4. The molecule has 0 atom stereocenters. The molecule has 4 aromatic rings. The Balaban J connectivity index is 0.000000204. The van der Waals surface area contributed by atoms with E-state index in [-0.39, 0.29) is 23.8 Å². The molecule has 5 N–H and O–H groups in total. The molecule has 2 aromatic heterocycles. The molecule has 35 heavy (non-hydrogen) atoms. The number of nitrogens with zero attached hydrogens (tertiary/aromatic N) is 4. The summed E-state index contributed by atoms with van der Waals surface area (Å²) in [4.78, 5) is 15.0. The van der Waals surface area contributed by atoms with Gasteiger partial charge in [-0.3, -0.25) is 0 Å². The number of hydrogen-bond donors (Lipinski definition) is 4. The minimum absolute atomic E-state index is 0.0387. The normalized spacial score (nSPS) is 9.91. The van der Waals surface area contributed by atoms with Gasteiger partial charge in [0.25, 0.3) is 0 Å². The van der Waals surface area contributed by atoms with Gasteiger partial charge in [-0.05, 0) is 59.6 Å². The number of halogens is 5. The van der Waals surface area contributed by atoms with Crippen molar-refractivity contribution in [2.75, 3.05) is 11.1 Å². The smallest absolute Gasteiger partial charge is 0.224 e. The Bertz CT molecular complexity index is 1230. The number of rotatable bonds is 4. The number of benzene rings is 2. The Kier molecular flexibility index (Phi) is 12.2. The zero-order chi connectivity index (χ0) is 25.8. The van der Waals surface area contributed by atoms with E-state index in [1.165, 1.54) is 6.20 Å². The van der Waals surface area contributed by atoms with E-state index >= 15 is 0 Å². The van der Waals surface area contributed by atoms with Crippen LogP contribution < -0.4 is 11.1 Å². The van der Waals surface area contributed by atoms with Crippen LogP contribution in [-0.4, -0.2) is 30.1 Å². The molecular formula is C22H19Cl5N6O2. The number of anilines is 3. The lowest BCUT2D eigenvalue weighted by molar-refractivity contribution is 0.282. The molecule has 4 rings (SSSR count). The lowest BCUT2D eigenvalue weighted by atomic mass is 10.2. The van der Waals surface area contributed by atoms with Crippen molar-refractivity contribution in [3.05, 3.63) is 97.8 Å². The van der Waals surface area contributed by atoms with Crippen molar-refractivity contribution in [3.8, 4) is 0 Å². The van der Waals surface area contributed by atoms with Crippen molar-refractivity contribution in [1.29, 1.82) is 0 Å². The highest BCUT2D eigenvalue weighted by atomic mass is 35.5. The van der Waals surface area contributed by atoms with Gasteiger partial charge in [0.05, 0.1) is 13.2 Å². The summed E-state index contributed by atoms with van der Waals surface area (Å²) in [6.07, 6.45) is 3.04. The molecule has 0 aliphatic rings. The molecule has 0 aliphatic carbocycles. The standard InChI is InChI=1S/C11H9Cl2N3O.C7H8ClNO.C4H2Cl2N2/c12-8-2-1-7(6-17)9(5-8)15-10-3-4-14-11(13)16-10;8-6-2-1-5(4-10)7(9)3-6;5-3-1-2-7-4(6)8-3/h1-5,17H,6H2,(H,14,15,16);1-3,10H,4,9H2;1-2H. The Morgan fingerprint density at radius 1 is 0.714 bits per heavy atom. The van der Waals surface area contributed by atoms with Crippen molar-refractivity contribution in [1.82, 2.24) is 19.9 Å². The first-order chi connectivity index (χ1) is 16.7. The fraction of sp³-hybridized carbons (Fsp3) is 0.0909. The lowest BCUT2D eigenvalue weighted by Gasteiger charge is -2.10. The molecule has 2 aromatic carbocycles. The number of hydrogen-bond acceptors (Lipinski definition) is 8. The zero-order valence-electron chi connectivity index (χ0n) is 17.8. The van der Waals surface area contributed by atoms with E-state index in [9.17, 15) is 5.11 Å². The third-order valence-corrected chi connectivity index (χ3v) is 5.05. The fourth-order valence-electron chi connectivity index (χ4n) is 2.37. The van der Waals surface area contributed by atoms with Crippen molar-refractivity contribution < 1.29 is 10.2 Å². The van der Waals surface area contributed by atoms with Crippen molar-refractivity contribution in [2.24, 2.45) is 0 Å². The van der Waals surface area contributed by atoms with Gasteiger partial charge in [0.2, 0.25) is 10.6 Å². The highest BCUT2D eigenvalue weighted by Crippen LogP contribution is 2.24. The summed E-state index contributed by atoms with van der Waals surface area (Å²) in [5, 5.41) is 22.8. The molecule has 0 spiro atoms. The predicted octanol–water partition coefficient (Wildman–Crippen LogP) is 6.22. The molecular weight excluding hydrogens is 558 g/mol. The van der Waals surface area contributed by atoms with Gasteiger partial charge >= 0.3 is 0 Å². The van der Waals surface area contributed by atoms with Crippen LogP contribution in [0.2, 0.25) is 25.8 Å². The minimum atomic E-state index is -0.0850. The number of nitrogens with one attached hydrogen (secondary N) is 1. The third-order valence-electron chi connectivity index (χ3n) is 4.00. The highest BCUT2D eigenvalue weighted by Gasteiger charge is 2.04. The molecule has 0 bridgehead atoms. The van der Waals surface area contributed by atoms with E-state index in [1.807, 2.05) is 0 Å². The van der Waals surface area contributed by atoms with Gasteiger partial charge < -0.3 is 21.3 Å². The summed E-state index contributed by atoms with van der Waals surface area (Å²) in [5.74, 6) is 0.543. The summed E-state index contributed by atoms with van der Waals surface area (Å²) < 4.78 is 0. The van der Waals surface area contributed by atoms with Crippen LogP contribution in [0.4, 0.5) is 17.2 Å². The van der Waals surface area contributed by atoms with Crippen LogP contribution in [0.5, 0.6) is 0 Å². The van der Waals surface area contributed by atoms with E-state index in [0.717, 1.165) is 5.56 Å². The molecule has 13 heteroatoms. The monoisotopic (exact) mass is 574 g/mol. The average Bonchev–Trinajstić information content (AvgIpc) is 2.80. The first kappa shape index (κ1) is 28.8. The molecule has 0 fully saturated rings. The Morgan fingerprint density at radius 3 is 1.80 bits per heavy atom. The van der Waals surface area contributed by atoms with Gasteiger partial charge in [-0.2, -0.15) is 0 Å². The van der Waals surface area contributed by atoms with Gasteiger partial charge in [0.15, 0.2) is 0 Å². The molecule has 2 heterocycles. The van der Waals surface area contributed by atoms with Crippen LogP contribution >= 0.6 is 58.0 Å². The van der Waals surface area contributed by atoms with E-state index in [1.54, 1.807) is 54.7 Å². The van der Waals surface area contributed by atoms with Crippen molar-refractivity contribution in [3.63, 3.8) is 0 Å². The molecule has 0 amide bonds. The predicted molar refractivity (Wildman–Crippen MR) is 142 cm³/mol. The SMILES string of the molecule is Clc1ccnc(Cl)n1.Nc1cc(Cl)ccc1CO.OCc1ccc(Cl)cc1Nc1ccnc(Cl)n1. The second-order valence-corrected chi connectivity index (χ2v) is 8.38. The Morgan fingerprint density at radius 2 is 1.29 bits per heavy atom. The van der Waals surface area contributed by atoms with Crippen molar-refractivity contribution in [2.45, 2.75) is 13.2 Å². The van der Waals surface area contributed by atoms with Crippen LogP contribution in [0, 0.1) is 0 Å². The summed E-state index contributed by atoms with van der Waals surface area (Å²) in [5.41, 5.74) is 8.15. The quantitative estimate of drug-likeness (QED) is 0.128. The van der Waals surface area contributed by atoms with Gasteiger partial charge in [0.1, 0.15) is 11.0 Å². The first-order valence-corrected chi connectivity index (χ1v) is 11.5. The van der Waals surface area contributed by atoms with Crippen LogP contribution in [0.15, 0.2) is 60.9 Å². The maximum absolute atomic E-state index is 9.20. The second kappa shape index (κ2) is 14.9. The molecule has 0 radical (unpaired) electrons. The molecule has 8 nitrogen and oxygen atoms in total. The fourth-order valence-corrected chi connectivity index (χ4v) is 3.20. The summed E-state index contributed by atoms with van der Waals surface area (Å²) >= 11 is 27.9. The number of aliphatic hydroxyl groups excluding tert-OH is 2.